The predicted molar refractivity (Wildman–Crippen MR) is 74.6 cm³/mol. The van der Waals surface area contributed by atoms with Crippen LogP contribution in [0.2, 0.25) is 0 Å². The molecule has 1 aromatic heterocycles. The number of nitrogens with zero attached hydrogens (tertiary/aromatic N) is 3. The Balaban J connectivity index is 2.62. The van der Waals surface area contributed by atoms with Crippen LogP contribution in [-0.2, 0) is 10.9 Å². The molecule has 23 heavy (non-hydrogen) atoms. The number of aliphatic hydroxyl groups is 1. The molecule has 0 aliphatic rings. The molecule has 0 fully saturated rings. The summed E-state index contributed by atoms with van der Waals surface area (Å²) in [6.45, 7) is 3.20. The molecule has 2 rings (SSSR count). The van der Waals surface area contributed by atoms with Crippen molar-refractivity contribution in [3.05, 3.63) is 46.8 Å². The normalized spacial score (nSPS) is 12.9. The van der Waals surface area contributed by atoms with Crippen LogP contribution < -0.4 is 0 Å². The third kappa shape index (κ3) is 3.36. The zero-order chi connectivity index (χ0) is 17.2. The second kappa shape index (κ2) is 6.40. The first-order chi connectivity index (χ1) is 10.8. The molecular formula is C15H14F3N3O2. The van der Waals surface area contributed by atoms with E-state index in [1.807, 2.05) is 6.07 Å². The van der Waals surface area contributed by atoms with E-state index >= 15 is 0 Å². The van der Waals surface area contributed by atoms with Gasteiger partial charge in [0.15, 0.2) is 12.0 Å². The zero-order valence-corrected chi connectivity index (χ0v) is 12.4. The smallest absolute Gasteiger partial charge is 0.364 e. The van der Waals surface area contributed by atoms with Crippen LogP contribution in [0.3, 0.4) is 0 Å². The van der Waals surface area contributed by atoms with Gasteiger partial charge in [0, 0.05) is 6.61 Å². The van der Waals surface area contributed by atoms with E-state index in [4.69, 9.17) is 10.00 Å². The lowest BCUT2D eigenvalue weighted by molar-refractivity contribution is -0.151. The maximum atomic E-state index is 13.4. The van der Waals surface area contributed by atoms with Gasteiger partial charge in [0.05, 0.1) is 29.1 Å². The Kier molecular flexibility index (Phi) is 4.73. The number of hydrogen-bond acceptors (Lipinski definition) is 4. The van der Waals surface area contributed by atoms with Crippen LogP contribution in [0, 0.1) is 18.3 Å². The predicted octanol–water partition coefficient (Wildman–Crippen LogP) is 3.10. The maximum absolute atomic E-state index is 13.4. The van der Waals surface area contributed by atoms with E-state index in [1.165, 1.54) is 18.2 Å². The summed E-state index contributed by atoms with van der Waals surface area (Å²) in [4.78, 5) is 0. The first-order valence-electron chi connectivity index (χ1n) is 6.75. The minimum Gasteiger partial charge on any atom is -0.364 e. The van der Waals surface area contributed by atoms with Crippen molar-refractivity contribution in [1.82, 2.24) is 9.78 Å². The number of rotatable bonds is 4. The van der Waals surface area contributed by atoms with Gasteiger partial charge in [-0.25, -0.2) is 4.68 Å². The van der Waals surface area contributed by atoms with Gasteiger partial charge in [0.25, 0.3) is 0 Å². The van der Waals surface area contributed by atoms with Gasteiger partial charge >= 0.3 is 6.18 Å². The number of ether oxygens (including phenoxy) is 1. The molecule has 0 amide bonds. The minimum atomic E-state index is -4.73. The molecule has 1 heterocycles. The summed E-state index contributed by atoms with van der Waals surface area (Å²) >= 11 is 0. The van der Waals surface area contributed by atoms with Gasteiger partial charge in [0.2, 0.25) is 0 Å². The number of alkyl halides is 3. The second-order valence-corrected chi connectivity index (χ2v) is 4.78. The quantitative estimate of drug-likeness (QED) is 0.877. The fraction of sp³-hybridized carbons (Fsp3) is 0.333. The second-order valence-electron chi connectivity index (χ2n) is 4.78. The molecule has 0 saturated heterocycles. The lowest BCUT2D eigenvalue weighted by atomic mass is 10.1. The summed E-state index contributed by atoms with van der Waals surface area (Å²) in [5, 5.41) is 22.3. The number of benzene rings is 1. The van der Waals surface area contributed by atoms with Gasteiger partial charge in [-0.3, -0.25) is 0 Å². The number of aliphatic hydroxyl groups excluding tert-OH is 1. The molecule has 1 unspecified atom stereocenters. The minimum absolute atomic E-state index is 0.0551. The highest BCUT2D eigenvalue weighted by molar-refractivity contribution is 5.47. The first-order valence-corrected chi connectivity index (χ1v) is 6.75. The molecule has 1 aromatic carbocycles. The van der Waals surface area contributed by atoms with Crippen LogP contribution in [-0.4, -0.2) is 21.5 Å². The van der Waals surface area contributed by atoms with Crippen molar-refractivity contribution >= 4 is 0 Å². The van der Waals surface area contributed by atoms with E-state index in [9.17, 15) is 18.3 Å². The van der Waals surface area contributed by atoms with E-state index in [2.05, 4.69) is 5.10 Å². The number of hydrogen-bond donors (Lipinski definition) is 1. The van der Waals surface area contributed by atoms with Crippen molar-refractivity contribution in [3.63, 3.8) is 0 Å². The fourth-order valence-electron chi connectivity index (χ4n) is 2.22. The molecule has 0 radical (unpaired) electrons. The average Bonchev–Trinajstić information content (AvgIpc) is 2.92. The van der Waals surface area contributed by atoms with E-state index in [0.717, 1.165) is 6.20 Å². The highest BCUT2D eigenvalue weighted by atomic mass is 19.4. The van der Waals surface area contributed by atoms with E-state index in [1.54, 1.807) is 13.8 Å². The third-order valence-corrected chi connectivity index (χ3v) is 3.21. The first kappa shape index (κ1) is 17.0. The number of aryl methyl sites for hydroxylation is 1. The molecule has 0 spiro atoms. The molecule has 5 nitrogen and oxygen atoms in total. The monoisotopic (exact) mass is 325 g/mol. The molecule has 122 valence electrons. The molecule has 2 aromatic rings. The van der Waals surface area contributed by atoms with E-state index in [-0.39, 0.29) is 12.3 Å². The lowest BCUT2D eigenvalue weighted by Gasteiger charge is -2.16. The van der Waals surface area contributed by atoms with Crippen LogP contribution in [0.5, 0.6) is 0 Å². The SMILES string of the molecule is CCOC(O)c1cnn(-c2ccc(C#N)cc2C)c1C(F)(F)F. The van der Waals surface area contributed by atoms with Gasteiger partial charge in [-0.2, -0.15) is 23.5 Å². The van der Waals surface area contributed by atoms with Crippen molar-refractivity contribution in [2.24, 2.45) is 0 Å². The summed E-state index contributed by atoms with van der Waals surface area (Å²) in [5.74, 6) is 0. The van der Waals surface area contributed by atoms with Crippen LogP contribution in [0.25, 0.3) is 5.69 Å². The average molecular weight is 325 g/mol. The Morgan fingerprint density at radius 1 is 1.43 bits per heavy atom. The van der Waals surface area contributed by atoms with Gasteiger partial charge in [-0.05, 0) is 37.6 Å². The molecular weight excluding hydrogens is 311 g/mol. The Hall–Kier alpha value is -2.37. The highest BCUT2D eigenvalue weighted by Crippen LogP contribution is 2.36. The molecule has 0 aliphatic carbocycles. The topological polar surface area (TPSA) is 71.1 Å². The molecule has 0 bridgehead atoms. The Bertz CT molecular complexity index is 747. The summed E-state index contributed by atoms with van der Waals surface area (Å²) in [6, 6.07) is 6.18. The maximum Gasteiger partial charge on any atom is 0.433 e. The zero-order valence-electron chi connectivity index (χ0n) is 12.4. The van der Waals surface area contributed by atoms with E-state index in [0.29, 0.717) is 15.8 Å². The summed E-state index contributed by atoms with van der Waals surface area (Å²) < 4.78 is 45.8. The summed E-state index contributed by atoms with van der Waals surface area (Å²) in [5.41, 5.74) is -0.600. The van der Waals surface area contributed by atoms with Crippen molar-refractivity contribution in [1.29, 1.82) is 5.26 Å². The molecule has 0 saturated carbocycles. The third-order valence-electron chi connectivity index (χ3n) is 3.21. The summed E-state index contributed by atoms with van der Waals surface area (Å²) in [6.07, 6.45) is -5.52. The molecule has 1 N–H and O–H groups in total. The molecule has 1 atom stereocenters. The largest absolute Gasteiger partial charge is 0.433 e. The van der Waals surface area contributed by atoms with Crippen LogP contribution in [0.1, 0.15) is 35.6 Å². The standard InChI is InChI=1S/C15H14F3N3O2/c1-3-23-14(22)11-8-20-21(13(11)15(16,17)18)12-5-4-10(7-19)6-9(12)2/h4-6,8,14,22H,3H2,1-2H3. The van der Waals surface area contributed by atoms with Gasteiger partial charge in [0.1, 0.15) is 0 Å². The lowest BCUT2D eigenvalue weighted by Crippen LogP contribution is -2.18. The fourth-order valence-corrected chi connectivity index (χ4v) is 2.22. The Morgan fingerprint density at radius 3 is 2.65 bits per heavy atom. The van der Waals surface area contributed by atoms with Crippen LogP contribution in [0.4, 0.5) is 13.2 Å². The van der Waals surface area contributed by atoms with Crippen LogP contribution in [0.15, 0.2) is 24.4 Å². The number of halogens is 3. The van der Waals surface area contributed by atoms with Gasteiger partial charge in [-0.15, -0.1) is 0 Å². The van der Waals surface area contributed by atoms with Crippen LogP contribution >= 0.6 is 0 Å². The van der Waals surface area contributed by atoms with Gasteiger partial charge < -0.3 is 9.84 Å². The summed E-state index contributed by atoms with van der Waals surface area (Å²) in [7, 11) is 0. The Morgan fingerprint density at radius 2 is 2.13 bits per heavy atom. The van der Waals surface area contributed by atoms with Gasteiger partial charge in [-0.1, -0.05) is 0 Å². The van der Waals surface area contributed by atoms with Crippen molar-refractivity contribution in [2.75, 3.05) is 6.61 Å². The highest BCUT2D eigenvalue weighted by Gasteiger charge is 2.40. The van der Waals surface area contributed by atoms with Crippen molar-refractivity contribution < 1.29 is 23.0 Å². The van der Waals surface area contributed by atoms with E-state index < -0.39 is 23.7 Å². The van der Waals surface area contributed by atoms with Crippen molar-refractivity contribution in [2.45, 2.75) is 26.3 Å². The molecule has 8 heteroatoms. The van der Waals surface area contributed by atoms with Crippen molar-refractivity contribution in [3.8, 4) is 11.8 Å². The molecule has 0 aliphatic heterocycles. The Labute approximate surface area is 130 Å². The number of aromatic nitrogens is 2. The number of nitriles is 1.